The fourth-order valence-corrected chi connectivity index (χ4v) is 5.17. The lowest BCUT2D eigenvalue weighted by Gasteiger charge is -2.35. The normalized spacial score (nSPS) is 13.5. The summed E-state index contributed by atoms with van der Waals surface area (Å²) in [5, 5.41) is 0.976. The molecular formula is C31H29N5O3. The van der Waals surface area contributed by atoms with Crippen LogP contribution in [0.15, 0.2) is 91.4 Å². The maximum Gasteiger partial charge on any atom is 0.253 e. The Morgan fingerprint density at radius 3 is 2.23 bits per heavy atom. The van der Waals surface area contributed by atoms with Crippen LogP contribution in [0.2, 0.25) is 0 Å². The van der Waals surface area contributed by atoms with Crippen LogP contribution >= 0.6 is 0 Å². The minimum absolute atomic E-state index is 0.0254. The third kappa shape index (κ3) is 4.54. The van der Waals surface area contributed by atoms with Gasteiger partial charge in [-0.2, -0.15) is 0 Å². The summed E-state index contributed by atoms with van der Waals surface area (Å²) in [5.41, 5.74) is 4.50. The van der Waals surface area contributed by atoms with Crippen molar-refractivity contribution in [2.24, 2.45) is 0 Å². The highest BCUT2D eigenvalue weighted by atomic mass is 16.5. The zero-order valence-electron chi connectivity index (χ0n) is 21.9. The Morgan fingerprint density at radius 2 is 1.51 bits per heavy atom. The van der Waals surface area contributed by atoms with Gasteiger partial charge in [0.25, 0.3) is 5.91 Å². The molecule has 6 rings (SSSR count). The van der Waals surface area contributed by atoms with Crippen LogP contribution in [0, 0.1) is 0 Å². The monoisotopic (exact) mass is 519 g/mol. The molecule has 0 bridgehead atoms. The summed E-state index contributed by atoms with van der Waals surface area (Å²) < 4.78 is 13.0. The SMILES string of the molecule is COc1ccc(C(=O)N2CCN(c3ncnc4c3c(-c3ccccc3)cn4-c3ccccc3OC)CC2)cc1. The van der Waals surface area contributed by atoms with Crippen LogP contribution in [-0.2, 0) is 0 Å². The minimum Gasteiger partial charge on any atom is -0.497 e. The molecule has 5 aromatic rings. The van der Waals surface area contributed by atoms with Crippen molar-refractivity contribution in [2.75, 3.05) is 45.3 Å². The van der Waals surface area contributed by atoms with Gasteiger partial charge in [-0.15, -0.1) is 0 Å². The number of hydrogen-bond acceptors (Lipinski definition) is 6. The highest BCUT2D eigenvalue weighted by molar-refractivity contribution is 6.02. The van der Waals surface area contributed by atoms with Crippen LogP contribution < -0.4 is 14.4 Å². The van der Waals surface area contributed by atoms with Crippen LogP contribution in [0.25, 0.3) is 27.8 Å². The molecule has 0 saturated carbocycles. The summed E-state index contributed by atoms with van der Waals surface area (Å²) >= 11 is 0. The number of carbonyl (C=O) groups excluding carboxylic acids is 1. The van der Waals surface area contributed by atoms with Gasteiger partial charge in [0.1, 0.15) is 23.6 Å². The van der Waals surface area contributed by atoms with Gasteiger partial charge in [0.05, 0.1) is 25.3 Å². The Morgan fingerprint density at radius 1 is 0.795 bits per heavy atom. The van der Waals surface area contributed by atoms with Gasteiger partial charge in [-0.25, -0.2) is 9.97 Å². The Balaban J connectivity index is 1.36. The molecule has 0 N–H and O–H groups in total. The standard InChI is InChI=1S/C31H29N5O3/c1-38-24-14-12-23(13-15-24)31(37)35-18-16-34(17-19-35)29-28-25(22-8-4-3-5-9-22)20-36(30(28)33-21-32-29)26-10-6-7-11-27(26)39-2/h3-15,20-21H,16-19H2,1-2H3. The number of aromatic nitrogens is 3. The first-order valence-corrected chi connectivity index (χ1v) is 12.9. The summed E-state index contributed by atoms with van der Waals surface area (Å²) in [4.78, 5) is 26.8. The van der Waals surface area contributed by atoms with Crippen LogP contribution in [0.3, 0.4) is 0 Å². The first kappa shape index (κ1) is 24.5. The van der Waals surface area contributed by atoms with Gasteiger partial charge in [-0.3, -0.25) is 9.36 Å². The molecule has 8 nitrogen and oxygen atoms in total. The second-order valence-corrected chi connectivity index (χ2v) is 9.35. The van der Waals surface area contributed by atoms with Crippen molar-refractivity contribution in [2.45, 2.75) is 0 Å². The number of piperazine rings is 1. The van der Waals surface area contributed by atoms with E-state index < -0.39 is 0 Å². The molecule has 1 fully saturated rings. The number of hydrogen-bond donors (Lipinski definition) is 0. The van der Waals surface area contributed by atoms with E-state index in [2.05, 4.69) is 27.8 Å². The fourth-order valence-electron chi connectivity index (χ4n) is 5.17. The Bertz CT molecular complexity index is 1610. The third-order valence-electron chi connectivity index (χ3n) is 7.20. The van der Waals surface area contributed by atoms with E-state index in [1.807, 2.05) is 71.6 Å². The van der Waals surface area contributed by atoms with E-state index in [-0.39, 0.29) is 5.91 Å². The molecule has 1 saturated heterocycles. The summed E-state index contributed by atoms with van der Waals surface area (Å²) in [6, 6.07) is 25.5. The molecule has 196 valence electrons. The first-order chi connectivity index (χ1) is 19.2. The number of rotatable bonds is 6. The second-order valence-electron chi connectivity index (χ2n) is 9.35. The highest BCUT2D eigenvalue weighted by Gasteiger charge is 2.27. The lowest BCUT2D eigenvalue weighted by Crippen LogP contribution is -2.49. The molecule has 1 amide bonds. The molecule has 3 heterocycles. The van der Waals surface area contributed by atoms with Crippen molar-refractivity contribution in [3.8, 4) is 28.3 Å². The quantitative estimate of drug-likeness (QED) is 0.312. The average molecular weight is 520 g/mol. The van der Waals surface area contributed by atoms with E-state index in [4.69, 9.17) is 19.4 Å². The van der Waals surface area contributed by atoms with Crippen molar-refractivity contribution >= 4 is 22.8 Å². The van der Waals surface area contributed by atoms with E-state index in [0.29, 0.717) is 31.7 Å². The number of amides is 1. The maximum absolute atomic E-state index is 13.1. The van der Waals surface area contributed by atoms with Gasteiger partial charge in [0.2, 0.25) is 0 Å². The maximum atomic E-state index is 13.1. The number of fused-ring (bicyclic) bond motifs is 1. The van der Waals surface area contributed by atoms with E-state index in [0.717, 1.165) is 45.2 Å². The molecule has 1 aliphatic heterocycles. The fraction of sp³-hybridized carbons (Fsp3) is 0.194. The third-order valence-corrected chi connectivity index (χ3v) is 7.20. The van der Waals surface area contributed by atoms with Crippen LogP contribution in [0.4, 0.5) is 5.82 Å². The molecule has 39 heavy (non-hydrogen) atoms. The van der Waals surface area contributed by atoms with Gasteiger partial charge < -0.3 is 19.3 Å². The van der Waals surface area contributed by atoms with Gasteiger partial charge in [0.15, 0.2) is 5.65 Å². The van der Waals surface area contributed by atoms with E-state index in [1.54, 1.807) is 20.5 Å². The predicted octanol–water partition coefficient (Wildman–Crippen LogP) is 5.07. The molecule has 0 aliphatic carbocycles. The lowest BCUT2D eigenvalue weighted by atomic mass is 10.1. The zero-order valence-corrected chi connectivity index (χ0v) is 21.9. The second kappa shape index (κ2) is 10.5. The molecule has 3 aromatic carbocycles. The Hall–Kier alpha value is -4.85. The topological polar surface area (TPSA) is 72.7 Å². The van der Waals surface area contributed by atoms with Gasteiger partial charge >= 0.3 is 0 Å². The molecule has 1 aliphatic rings. The van der Waals surface area contributed by atoms with Crippen molar-refractivity contribution < 1.29 is 14.3 Å². The van der Waals surface area contributed by atoms with E-state index in [1.165, 1.54) is 0 Å². The predicted molar refractivity (Wildman–Crippen MR) is 152 cm³/mol. The summed E-state index contributed by atoms with van der Waals surface area (Å²) in [6.07, 6.45) is 3.73. The smallest absolute Gasteiger partial charge is 0.253 e. The average Bonchev–Trinajstić information content (AvgIpc) is 3.41. The molecule has 0 unspecified atom stereocenters. The molecule has 0 spiro atoms. The summed E-state index contributed by atoms with van der Waals surface area (Å²) in [5.74, 6) is 2.39. The largest absolute Gasteiger partial charge is 0.497 e. The molecule has 8 heteroatoms. The van der Waals surface area contributed by atoms with Gasteiger partial charge in [0, 0.05) is 43.5 Å². The summed E-state index contributed by atoms with van der Waals surface area (Å²) in [7, 11) is 3.30. The van der Waals surface area contributed by atoms with Crippen LogP contribution in [0.5, 0.6) is 11.5 Å². The van der Waals surface area contributed by atoms with Crippen molar-refractivity contribution in [3.63, 3.8) is 0 Å². The van der Waals surface area contributed by atoms with Gasteiger partial charge in [-0.05, 0) is 42.0 Å². The molecule has 0 atom stereocenters. The number of anilines is 1. The highest BCUT2D eigenvalue weighted by Crippen LogP contribution is 2.38. The lowest BCUT2D eigenvalue weighted by molar-refractivity contribution is 0.0746. The molecular weight excluding hydrogens is 490 g/mol. The number of carbonyl (C=O) groups is 1. The number of nitrogens with zero attached hydrogens (tertiary/aromatic N) is 5. The van der Waals surface area contributed by atoms with Crippen molar-refractivity contribution in [1.29, 1.82) is 0 Å². The molecule has 0 radical (unpaired) electrons. The van der Waals surface area contributed by atoms with Crippen molar-refractivity contribution in [1.82, 2.24) is 19.4 Å². The van der Waals surface area contributed by atoms with Crippen LogP contribution in [-0.4, -0.2) is 65.7 Å². The Labute approximate surface area is 227 Å². The number of methoxy groups -OCH3 is 2. The molecule has 2 aromatic heterocycles. The van der Waals surface area contributed by atoms with Gasteiger partial charge in [-0.1, -0.05) is 42.5 Å². The zero-order chi connectivity index (χ0) is 26.8. The number of benzene rings is 3. The number of para-hydroxylation sites is 2. The van der Waals surface area contributed by atoms with E-state index in [9.17, 15) is 4.79 Å². The number of ether oxygens (including phenoxy) is 2. The Kier molecular flexibility index (Phi) is 6.59. The minimum atomic E-state index is 0.0254. The first-order valence-electron chi connectivity index (χ1n) is 12.9. The van der Waals surface area contributed by atoms with Crippen molar-refractivity contribution in [3.05, 3.63) is 97.0 Å². The van der Waals surface area contributed by atoms with E-state index >= 15 is 0 Å². The summed E-state index contributed by atoms with van der Waals surface area (Å²) in [6.45, 7) is 2.54. The van der Waals surface area contributed by atoms with Crippen LogP contribution in [0.1, 0.15) is 10.4 Å².